The first-order valence-corrected chi connectivity index (χ1v) is 7.32. The molecular weight excluding hydrogens is 272 g/mol. The van der Waals surface area contributed by atoms with Gasteiger partial charge in [0, 0.05) is 18.7 Å². The van der Waals surface area contributed by atoms with Crippen molar-refractivity contribution in [2.45, 2.75) is 52.1 Å². The van der Waals surface area contributed by atoms with Gasteiger partial charge in [0.1, 0.15) is 11.8 Å². The maximum absolute atomic E-state index is 12.3. The summed E-state index contributed by atoms with van der Waals surface area (Å²) in [6, 6.07) is 1.11. The van der Waals surface area contributed by atoms with Gasteiger partial charge in [-0.25, -0.2) is 4.79 Å². The zero-order chi connectivity index (χ0) is 15.4. The molecule has 0 aromatic carbocycles. The summed E-state index contributed by atoms with van der Waals surface area (Å²) in [5.74, 6) is 0.787. The number of carbonyl (C=O) groups excluding carboxylic acids is 2. The number of aryl methyl sites for hydroxylation is 1. The van der Waals surface area contributed by atoms with Gasteiger partial charge in [0.2, 0.25) is 5.91 Å². The van der Waals surface area contributed by atoms with Crippen LogP contribution in [0.1, 0.15) is 38.9 Å². The molecule has 2 heterocycles. The standard InChI is InChI=1S/C14H22N4O3/c1-4-9(2)15-14(20)18-7-5-6-11(18)13(19)16-12-8-10(3)21-17-12/h8-9,11H,4-7H2,1-3H3,(H,15,20)(H,16,17,19). The minimum Gasteiger partial charge on any atom is -0.360 e. The molecule has 2 N–H and O–H groups in total. The Balaban J connectivity index is 1.97. The highest BCUT2D eigenvalue weighted by Crippen LogP contribution is 2.19. The molecule has 7 heteroatoms. The van der Waals surface area contributed by atoms with Crippen molar-refractivity contribution < 1.29 is 14.1 Å². The van der Waals surface area contributed by atoms with Gasteiger partial charge in [-0.1, -0.05) is 12.1 Å². The lowest BCUT2D eigenvalue weighted by molar-refractivity contribution is -0.119. The first kappa shape index (κ1) is 15.3. The summed E-state index contributed by atoms with van der Waals surface area (Å²) >= 11 is 0. The molecule has 1 fully saturated rings. The van der Waals surface area contributed by atoms with E-state index in [9.17, 15) is 9.59 Å². The SMILES string of the molecule is CCC(C)NC(=O)N1CCCC1C(=O)Nc1cc(C)on1. The third-order valence-corrected chi connectivity index (χ3v) is 3.68. The molecule has 0 aliphatic carbocycles. The molecular formula is C14H22N4O3. The Hall–Kier alpha value is -2.05. The zero-order valence-electron chi connectivity index (χ0n) is 12.7. The normalized spacial score (nSPS) is 19.4. The molecule has 0 bridgehead atoms. The molecule has 0 spiro atoms. The molecule has 21 heavy (non-hydrogen) atoms. The average Bonchev–Trinajstić information content (AvgIpc) is 3.07. The predicted octanol–water partition coefficient (Wildman–Crippen LogP) is 1.89. The second kappa shape index (κ2) is 6.60. The van der Waals surface area contributed by atoms with E-state index in [-0.39, 0.29) is 18.0 Å². The second-order valence-corrected chi connectivity index (χ2v) is 5.42. The average molecular weight is 294 g/mol. The Morgan fingerprint density at radius 1 is 1.57 bits per heavy atom. The van der Waals surface area contributed by atoms with E-state index in [1.165, 1.54) is 0 Å². The third-order valence-electron chi connectivity index (χ3n) is 3.68. The Bertz CT molecular complexity index is 514. The minimum atomic E-state index is -0.453. The highest BCUT2D eigenvalue weighted by molar-refractivity contribution is 5.96. The molecule has 3 amide bonds. The van der Waals surface area contributed by atoms with Crippen LogP contribution in [0.4, 0.5) is 10.6 Å². The van der Waals surface area contributed by atoms with Crippen molar-refractivity contribution in [2.75, 3.05) is 11.9 Å². The Morgan fingerprint density at radius 3 is 2.95 bits per heavy atom. The van der Waals surface area contributed by atoms with E-state index in [1.54, 1.807) is 17.9 Å². The molecule has 0 radical (unpaired) electrons. The van der Waals surface area contributed by atoms with Crippen LogP contribution in [-0.2, 0) is 4.79 Å². The van der Waals surface area contributed by atoms with E-state index >= 15 is 0 Å². The van der Waals surface area contributed by atoms with Crippen molar-refractivity contribution in [3.05, 3.63) is 11.8 Å². The fourth-order valence-electron chi connectivity index (χ4n) is 2.31. The molecule has 2 atom stereocenters. The van der Waals surface area contributed by atoms with Crippen LogP contribution in [0.25, 0.3) is 0 Å². The van der Waals surface area contributed by atoms with Crippen LogP contribution < -0.4 is 10.6 Å². The van der Waals surface area contributed by atoms with Crippen molar-refractivity contribution in [2.24, 2.45) is 0 Å². The van der Waals surface area contributed by atoms with Crippen LogP contribution in [0.3, 0.4) is 0 Å². The number of rotatable bonds is 4. The third kappa shape index (κ3) is 3.74. The van der Waals surface area contributed by atoms with Crippen LogP contribution in [-0.4, -0.2) is 40.6 Å². The lowest BCUT2D eigenvalue weighted by Crippen LogP contribution is -2.49. The van der Waals surface area contributed by atoms with E-state index in [1.807, 2.05) is 13.8 Å². The van der Waals surface area contributed by atoms with Crippen molar-refractivity contribution in [1.82, 2.24) is 15.4 Å². The summed E-state index contributed by atoms with van der Waals surface area (Å²) in [4.78, 5) is 26.1. The van der Waals surface area contributed by atoms with Crippen molar-refractivity contribution >= 4 is 17.8 Å². The summed E-state index contributed by atoms with van der Waals surface area (Å²) in [5, 5.41) is 9.32. The molecule has 7 nitrogen and oxygen atoms in total. The van der Waals surface area contributed by atoms with Crippen LogP contribution in [0.5, 0.6) is 0 Å². The summed E-state index contributed by atoms with van der Waals surface area (Å²) < 4.78 is 4.91. The van der Waals surface area contributed by atoms with Gasteiger partial charge in [-0.15, -0.1) is 0 Å². The number of amides is 3. The van der Waals surface area contributed by atoms with Crippen molar-refractivity contribution in [3.63, 3.8) is 0 Å². The molecule has 1 saturated heterocycles. The van der Waals surface area contributed by atoms with E-state index in [0.717, 1.165) is 12.8 Å². The first-order valence-electron chi connectivity index (χ1n) is 7.32. The Labute approximate surface area is 124 Å². The monoisotopic (exact) mass is 294 g/mol. The van der Waals surface area contributed by atoms with Gasteiger partial charge in [-0.3, -0.25) is 4.79 Å². The first-order chi connectivity index (χ1) is 10.0. The fourth-order valence-corrected chi connectivity index (χ4v) is 2.31. The number of hydrogen-bond donors (Lipinski definition) is 2. The summed E-state index contributed by atoms with van der Waals surface area (Å²) in [6.07, 6.45) is 2.34. The largest absolute Gasteiger partial charge is 0.360 e. The maximum atomic E-state index is 12.3. The number of nitrogens with zero attached hydrogens (tertiary/aromatic N) is 2. The second-order valence-electron chi connectivity index (χ2n) is 5.42. The Morgan fingerprint density at radius 2 is 2.33 bits per heavy atom. The van der Waals surface area contributed by atoms with E-state index < -0.39 is 6.04 Å². The van der Waals surface area contributed by atoms with Crippen molar-refractivity contribution in [3.8, 4) is 0 Å². The summed E-state index contributed by atoms with van der Waals surface area (Å²) in [7, 11) is 0. The van der Waals surface area contributed by atoms with E-state index in [4.69, 9.17) is 4.52 Å². The molecule has 1 aromatic rings. The lowest BCUT2D eigenvalue weighted by Gasteiger charge is -2.25. The van der Waals surface area contributed by atoms with Gasteiger partial charge >= 0.3 is 6.03 Å². The number of urea groups is 1. The molecule has 1 aromatic heterocycles. The van der Waals surface area contributed by atoms with Gasteiger partial charge in [-0.05, 0) is 33.1 Å². The zero-order valence-corrected chi connectivity index (χ0v) is 12.7. The molecule has 1 aliphatic rings. The number of carbonyl (C=O) groups is 2. The fraction of sp³-hybridized carbons (Fsp3) is 0.643. The van der Waals surface area contributed by atoms with Gasteiger partial charge < -0.3 is 20.1 Å². The summed E-state index contributed by atoms with van der Waals surface area (Å²) in [5.41, 5.74) is 0. The van der Waals surface area contributed by atoms with Gasteiger partial charge in [0.25, 0.3) is 0 Å². The molecule has 2 unspecified atom stereocenters. The molecule has 2 rings (SSSR count). The van der Waals surface area contributed by atoms with Crippen LogP contribution in [0.15, 0.2) is 10.6 Å². The number of aromatic nitrogens is 1. The predicted molar refractivity (Wildman–Crippen MR) is 77.9 cm³/mol. The van der Waals surface area contributed by atoms with E-state index in [2.05, 4.69) is 15.8 Å². The summed E-state index contributed by atoms with van der Waals surface area (Å²) in [6.45, 7) is 6.30. The quantitative estimate of drug-likeness (QED) is 0.887. The van der Waals surface area contributed by atoms with Crippen LogP contribution >= 0.6 is 0 Å². The molecule has 116 valence electrons. The van der Waals surface area contributed by atoms with Crippen LogP contribution in [0.2, 0.25) is 0 Å². The maximum Gasteiger partial charge on any atom is 0.318 e. The highest BCUT2D eigenvalue weighted by atomic mass is 16.5. The van der Waals surface area contributed by atoms with Gasteiger partial charge in [0.15, 0.2) is 5.82 Å². The van der Waals surface area contributed by atoms with Gasteiger partial charge in [0.05, 0.1) is 0 Å². The number of hydrogen-bond acceptors (Lipinski definition) is 4. The topological polar surface area (TPSA) is 87.5 Å². The van der Waals surface area contributed by atoms with Crippen molar-refractivity contribution in [1.29, 1.82) is 0 Å². The minimum absolute atomic E-state index is 0.0972. The lowest BCUT2D eigenvalue weighted by atomic mass is 10.2. The molecule has 0 saturated carbocycles. The number of likely N-dealkylation sites (tertiary alicyclic amines) is 1. The Kier molecular flexibility index (Phi) is 4.82. The smallest absolute Gasteiger partial charge is 0.318 e. The van der Waals surface area contributed by atoms with Gasteiger partial charge in [-0.2, -0.15) is 0 Å². The number of nitrogens with one attached hydrogen (secondary N) is 2. The van der Waals surface area contributed by atoms with E-state index in [0.29, 0.717) is 24.5 Å². The molecule has 1 aliphatic heterocycles. The van der Waals surface area contributed by atoms with Crippen LogP contribution in [0, 0.1) is 6.92 Å². The highest BCUT2D eigenvalue weighted by Gasteiger charge is 2.34. The number of anilines is 1.